The fourth-order valence-corrected chi connectivity index (χ4v) is 5.77. The molecule has 6 nitrogen and oxygen atoms in total. The molecule has 2 fully saturated rings. The van der Waals surface area contributed by atoms with Crippen molar-refractivity contribution >= 4 is 27.3 Å². The molecular weight excluding hydrogens is 312 g/mol. The summed E-state index contributed by atoms with van der Waals surface area (Å²) in [7, 11) is -1.87. The van der Waals surface area contributed by atoms with Gasteiger partial charge in [-0.25, -0.2) is 8.42 Å². The first-order chi connectivity index (χ1) is 9.91. The van der Waals surface area contributed by atoms with E-state index in [-0.39, 0.29) is 6.54 Å². The summed E-state index contributed by atoms with van der Waals surface area (Å²) in [6.45, 7) is 0.779. The van der Waals surface area contributed by atoms with Gasteiger partial charge in [0.15, 0.2) is 0 Å². The van der Waals surface area contributed by atoms with Crippen molar-refractivity contribution in [1.82, 2.24) is 9.21 Å². The monoisotopic (exact) mass is 330 g/mol. The Bertz CT molecular complexity index is 651. The van der Waals surface area contributed by atoms with Crippen LogP contribution in [0.4, 0.5) is 0 Å². The van der Waals surface area contributed by atoms with Crippen LogP contribution in [0.2, 0.25) is 0 Å². The average molecular weight is 330 g/mol. The molecule has 0 aromatic carbocycles. The minimum Gasteiger partial charge on any atom is -0.480 e. The van der Waals surface area contributed by atoms with E-state index in [2.05, 4.69) is 0 Å². The molecule has 1 atom stereocenters. The van der Waals surface area contributed by atoms with Crippen LogP contribution in [0.15, 0.2) is 15.7 Å². The molecule has 0 amide bonds. The Labute approximate surface area is 128 Å². The summed E-state index contributed by atoms with van der Waals surface area (Å²) in [4.78, 5) is 12.9. The zero-order valence-electron chi connectivity index (χ0n) is 11.7. The number of aliphatic carboxylic acids is 1. The number of carbonyl (C=O) groups is 1. The van der Waals surface area contributed by atoms with Crippen LogP contribution in [0.5, 0.6) is 0 Å². The molecule has 2 heterocycles. The van der Waals surface area contributed by atoms with Gasteiger partial charge in [-0.3, -0.25) is 9.69 Å². The first kappa shape index (κ1) is 15.0. The predicted octanol–water partition coefficient (Wildman–Crippen LogP) is 1.01. The minimum absolute atomic E-state index is 0.0101. The molecule has 1 aromatic heterocycles. The Kier molecular flexibility index (Phi) is 3.81. The van der Waals surface area contributed by atoms with E-state index in [0.717, 1.165) is 18.4 Å². The second kappa shape index (κ2) is 5.35. The van der Waals surface area contributed by atoms with Crippen LogP contribution in [-0.2, 0) is 14.8 Å². The molecule has 116 valence electrons. The van der Waals surface area contributed by atoms with Crippen LogP contribution in [0, 0.1) is 0 Å². The fraction of sp³-hybridized carbons (Fsp3) is 0.615. The van der Waals surface area contributed by atoms with Gasteiger partial charge in [-0.2, -0.15) is 4.31 Å². The smallest absolute Gasteiger partial charge is 0.322 e. The number of carboxylic acid groups (broad SMARTS) is 1. The van der Waals surface area contributed by atoms with E-state index < -0.39 is 22.0 Å². The number of nitrogens with zero attached hydrogens (tertiary/aromatic N) is 2. The quantitative estimate of drug-likeness (QED) is 0.892. The van der Waals surface area contributed by atoms with E-state index in [1.807, 2.05) is 11.4 Å². The molecular formula is C13H18N2O4S2. The van der Waals surface area contributed by atoms with Crippen molar-refractivity contribution < 1.29 is 18.3 Å². The van der Waals surface area contributed by atoms with Gasteiger partial charge < -0.3 is 5.11 Å². The summed E-state index contributed by atoms with van der Waals surface area (Å²) < 4.78 is 27.3. The molecule has 2 aliphatic rings. The van der Waals surface area contributed by atoms with Crippen molar-refractivity contribution in [2.75, 3.05) is 26.7 Å². The van der Waals surface area contributed by atoms with Gasteiger partial charge in [0.25, 0.3) is 10.0 Å². The van der Waals surface area contributed by atoms with E-state index in [4.69, 9.17) is 0 Å². The fourth-order valence-electron chi connectivity index (χ4n) is 2.66. The van der Waals surface area contributed by atoms with Crippen molar-refractivity contribution in [2.24, 2.45) is 0 Å². The molecule has 0 radical (unpaired) electrons. The molecule has 3 rings (SSSR count). The first-order valence-corrected chi connectivity index (χ1v) is 9.24. The largest absolute Gasteiger partial charge is 0.480 e. The van der Waals surface area contributed by atoms with Gasteiger partial charge in [-0.15, -0.1) is 11.3 Å². The Morgan fingerprint density at radius 2 is 2.10 bits per heavy atom. The number of thiophene rings is 1. The third-order valence-electron chi connectivity index (χ3n) is 4.15. The molecule has 1 aliphatic heterocycles. The molecule has 0 bridgehead atoms. The van der Waals surface area contributed by atoms with E-state index in [1.165, 1.54) is 15.6 Å². The van der Waals surface area contributed by atoms with Gasteiger partial charge in [0, 0.05) is 19.6 Å². The molecule has 1 aliphatic carbocycles. The zero-order valence-corrected chi connectivity index (χ0v) is 13.4. The molecule has 1 saturated carbocycles. The normalized spacial score (nSPS) is 25.1. The SMILES string of the molecule is CN1CCN(S(=O)(=O)c2sccc2C2CC2)CC1C(=O)O. The number of rotatable bonds is 4. The predicted molar refractivity (Wildman–Crippen MR) is 79.1 cm³/mol. The maximum atomic E-state index is 12.8. The van der Waals surface area contributed by atoms with Crippen LogP contribution in [-0.4, -0.2) is 61.4 Å². The molecule has 1 N–H and O–H groups in total. The third-order valence-corrected chi connectivity index (χ3v) is 7.50. The van der Waals surface area contributed by atoms with E-state index in [0.29, 0.717) is 23.2 Å². The lowest BCUT2D eigenvalue weighted by Gasteiger charge is -2.36. The Hall–Kier alpha value is -0.960. The maximum Gasteiger partial charge on any atom is 0.322 e. The number of likely N-dealkylation sites (N-methyl/N-ethyl adjacent to an activating group) is 1. The summed E-state index contributed by atoms with van der Waals surface area (Å²) in [5, 5.41) is 11.0. The van der Waals surface area contributed by atoms with Crippen molar-refractivity contribution in [3.05, 3.63) is 17.0 Å². The van der Waals surface area contributed by atoms with E-state index >= 15 is 0 Å². The van der Waals surface area contributed by atoms with Crippen LogP contribution in [0.25, 0.3) is 0 Å². The summed E-state index contributed by atoms with van der Waals surface area (Å²) in [6, 6.07) is 1.11. The number of hydrogen-bond donors (Lipinski definition) is 1. The third kappa shape index (κ3) is 2.73. The summed E-state index contributed by atoms with van der Waals surface area (Å²) in [6.07, 6.45) is 2.08. The summed E-state index contributed by atoms with van der Waals surface area (Å²) in [5.74, 6) is -0.616. The summed E-state index contributed by atoms with van der Waals surface area (Å²) >= 11 is 1.24. The number of sulfonamides is 1. The lowest BCUT2D eigenvalue weighted by molar-refractivity contribution is -0.144. The van der Waals surface area contributed by atoms with Gasteiger partial charge in [-0.05, 0) is 42.8 Å². The lowest BCUT2D eigenvalue weighted by Crippen LogP contribution is -2.56. The van der Waals surface area contributed by atoms with Crippen LogP contribution in [0.3, 0.4) is 0 Å². The standard InChI is InChI=1S/C13H18N2O4S2/c1-14-5-6-15(8-11(14)12(16)17)21(18,19)13-10(4-7-20-13)9-2-3-9/h4,7,9,11H,2-3,5-6,8H2,1H3,(H,16,17). The van der Waals surface area contributed by atoms with Crippen molar-refractivity contribution in [3.63, 3.8) is 0 Å². The Morgan fingerprint density at radius 1 is 1.38 bits per heavy atom. The maximum absolute atomic E-state index is 12.8. The second-order valence-corrected chi connectivity index (χ2v) is 8.68. The van der Waals surface area contributed by atoms with E-state index in [9.17, 15) is 18.3 Å². The Balaban J connectivity index is 1.88. The van der Waals surface area contributed by atoms with Gasteiger partial charge in [0.1, 0.15) is 10.3 Å². The molecule has 1 unspecified atom stereocenters. The average Bonchev–Trinajstić information content (AvgIpc) is 3.15. The Morgan fingerprint density at radius 3 is 2.71 bits per heavy atom. The molecule has 0 spiro atoms. The second-order valence-electron chi connectivity index (χ2n) is 5.64. The van der Waals surface area contributed by atoms with Crippen molar-refractivity contribution in [2.45, 2.75) is 29.0 Å². The highest BCUT2D eigenvalue weighted by Gasteiger charge is 2.39. The van der Waals surface area contributed by atoms with Crippen LogP contribution in [0.1, 0.15) is 24.3 Å². The van der Waals surface area contributed by atoms with Gasteiger partial charge in [-0.1, -0.05) is 0 Å². The number of piperazine rings is 1. The van der Waals surface area contributed by atoms with Gasteiger partial charge in [0.05, 0.1) is 0 Å². The highest BCUT2D eigenvalue weighted by atomic mass is 32.2. The van der Waals surface area contributed by atoms with E-state index in [1.54, 1.807) is 11.9 Å². The lowest BCUT2D eigenvalue weighted by atomic mass is 10.2. The highest BCUT2D eigenvalue weighted by Crippen LogP contribution is 2.45. The molecule has 21 heavy (non-hydrogen) atoms. The molecule has 1 saturated heterocycles. The molecule has 8 heteroatoms. The number of carboxylic acids is 1. The van der Waals surface area contributed by atoms with Crippen molar-refractivity contribution in [3.8, 4) is 0 Å². The number of hydrogen-bond acceptors (Lipinski definition) is 5. The first-order valence-electron chi connectivity index (χ1n) is 6.92. The van der Waals surface area contributed by atoms with Gasteiger partial charge in [0.2, 0.25) is 0 Å². The van der Waals surface area contributed by atoms with Crippen molar-refractivity contribution in [1.29, 1.82) is 0 Å². The topological polar surface area (TPSA) is 77.9 Å². The summed E-state index contributed by atoms with van der Waals surface area (Å²) in [5.41, 5.74) is 0.908. The molecule has 1 aromatic rings. The van der Waals surface area contributed by atoms with Crippen LogP contribution < -0.4 is 0 Å². The van der Waals surface area contributed by atoms with Gasteiger partial charge >= 0.3 is 5.97 Å². The minimum atomic E-state index is -3.58. The van der Waals surface area contributed by atoms with Crippen LogP contribution >= 0.6 is 11.3 Å². The zero-order chi connectivity index (χ0) is 15.2. The highest BCUT2D eigenvalue weighted by molar-refractivity contribution is 7.91.